The summed E-state index contributed by atoms with van der Waals surface area (Å²) in [6.07, 6.45) is 3.32. The summed E-state index contributed by atoms with van der Waals surface area (Å²) < 4.78 is 0. The highest BCUT2D eigenvalue weighted by molar-refractivity contribution is 5.99. The van der Waals surface area contributed by atoms with E-state index in [4.69, 9.17) is 0 Å². The average Bonchev–Trinajstić information content (AvgIpc) is 2.52. The lowest BCUT2D eigenvalue weighted by Gasteiger charge is -2.27. The summed E-state index contributed by atoms with van der Waals surface area (Å²) in [5.74, 6) is 0.0144. The van der Waals surface area contributed by atoms with E-state index in [-0.39, 0.29) is 11.9 Å². The number of pyridine rings is 1. The lowest BCUT2D eigenvalue weighted by atomic mass is 10.1. The molecule has 0 bridgehead atoms. The first-order valence-electron chi connectivity index (χ1n) is 7.10. The largest absolute Gasteiger partial charge is 0.386 e. The predicted octanol–water partition coefficient (Wildman–Crippen LogP) is 3.17. The second kappa shape index (κ2) is 6.88. The lowest BCUT2D eigenvalue weighted by molar-refractivity contribution is 0.0691. The number of hydrogen-bond donors (Lipinski definition) is 1. The molecule has 1 heterocycles. The Morgan fingerprint density at radius 1 is 1.24 bits per heavy atom. The number of rotatable bonds is 5. The van der Waals surface area contributed by atoms with E-state index >= 15 is 0 Å². The van der Waals surface area contributed by atoms with Gasteiger partial charge in [0.2, 0.25) is 0 Å². The first kappa shape index (κ1) is 15.0. The Balaban J connectivity index is 2.28. The molecule has 0 atom stereocenters. The van der Waals surface area contributed by atoms with Gasteiger partial charge in [0, 0.05) is 25.8 Å². The fourth-order valence-corrected chi connectivity index (χ4v) is 2.20. The van der Waals surface area contributed by atoms with Crippen LogP contribution in [0.25, 0.3) is 0 Å². The number of nitrogens with one attached hydrogen (secondary N) is 1. The van der Waals surface area contributed by atoms with Crippen molar-refractivity contribution in [1.29, 1.82) is 0 Å². The zero-order chi connectivity index (χ0) is 15.2. The molecule has 1 aromatic heterocycles. The molecule has 0 aliphatic rings. The first-order valence-corrected chi connectivity index (χ1v) is 7.10. The molecule has 0 aliphatic heterocycles. The van der Waals surface area contributed by atoms with Crippen molar-refractivity contribution in [2.45, 2.75) is 26.4 Å². The Hall–Kier alpha value is -2.36. The molecule has 0 fully saturated rings. The minimum atomic E-state index is 0.0144. The van der Waals surface area contributed by atoms with E-state index in [0.717, 1.165) is 11.3 Å². The molecule has 21 heavy (non-hydrogen) atoms. The van der Waals surface area contributed by atoms with Gasteiger partial charge in [-0.3, -0.25) is 9.78 Å². The van der Waals surface area contributed by atoms with Gasteiger partial charge in [-0.1, -0.05) is 30.3 Å². The van der Waals surface area contributed by atoms with Crippen LogP contribution in [-0.4, -0.2) is 28.9 Å². The number of nitrogens with zero attached hydrogens (tertiary/aromatic N) is 2. The van der Waals surface area contributed by atoms with Crippen LogP contribution in [0.3, 0.4) is 0 Å². The van der Waals surface area contributed by atoms with E-state index in [1.807, 2.05) is 49.1 Å². The van der Waals surface area contributed by atoms with Crippen LogP contribution in [-0.2, 0) is 6.54 Å². The Labute approximate surface area is 125 Å². The van der Waals surface area contributed by atoms with Gasteiger partial charge >= 0.3 is 0 Å². The molecule has 1 amide bonds. The van der Waals surface area contributed by atoms with Gasteiger partial charge in [-0.05, 0) is 25.5 Å². The summed E-state index contributed by atoms with van der Waals surface area (Å²) in [6.45, 7) is 4.66. The summed E-state index contributed by atoms with van der Waals surface area (Å²) in [5.41, 5.74) is 2.53. The topological polar surface area (TPSA) is 45.2 Å². The van der Waals surface area contributed by atoms with Crippen LogP contribution < -0.4 is 5.32 Å². The molecule has 1 N–H and O–H groups in total. The Kier molecular flexibility index (Phi) is 4.93. The van der Waals surface area contributed by atoms with E-state index in [9.17, 15) is 4.79 Å². The fourth-order valence-electron chi connectivity index (χ4n) is 2.20. The van der Waals surface area contributed by atoms with Gasteiger partial charge < -0.3 is 10.2 Å². The number of carbonyl (C=O) groups excluding carboxylic acids is 1. The summed E-state index contributed by atoms with van der Waals surface area (Å²) in [6, 6.07) is 11.9. The smallest absolute Gasteiger partial charge is 0.256 e. The number of hydrogen-bond acceptors (Lipinski definition) is 3. The maximum atomic E-state index is 12.8. The third-order valence-electron chi connectivity index (χ3n) is 3.40. The molecule has 0 radical (unpaired) electrons. The van der Waals surface area contributed by atoms with Gasteiger partial charge in [0.1, 0.15) is 0 Å². The highest BCUT2D eigenvalue weighted by Crippen LogP contribution is 2.18. The quantitative estimate of drug-likeness (QED) is 0.916. The highest BCUT2D eigenvalue weighted by atomic mass is 16.2. The number of amides is 1. The fraction of sp³-hybridized carbons (Fsp3) is 0.294. The molecule has 110 valence electrons. The normalized spacial score (nSPS) is 10.5. The van der Waals surface area contributed by atoms with Crippen molar-refractivity contribution in [1.82, 2.24) is 9.88 Å². The van der Waals surface area contributed by atoms with E-state index in [0.29, 0.717) is 12.1 Å². The molecule has 4 heteroatoms. The van der Waals surface area contributed by atoms with Crippen LogP contribution in [0.15, 0.2) is 48.8 Å². The van der Waals surface area contributed by atoms with E-state index in [2.05, 4.69) is 10.3 Å². The minimum absolute atomic E-state index is 0.0144. The number of carbonyl (C=O) groups is 1. The molecule has 1 aromatic carbocycles. The number of anilines is 1. The standard InChI is InChI=1S/C17H21N3O/c1-13(2)20(12-14-7-5-4-6-8-14)17(21)15-9-10-19-11-16(15)18-3/h4-11,13,18H,12H2,1-3H3. The van der Waals surface area contributed by atoms with Crippen LogP contribution in [0.4, 0.5) is 5.69 Å². The minimum Gasteiger partial charge on any atom is -0.386 e. The maximum Gasteiger partial charge on any atom is 0.256 e. The van der Waals surface area contributed by atoms with Crippen LogP contribution in [0, 0.1) is 0 Å². The van der Waals surface area contributed by atoms with Crippen molar-refractivity contribution in [3.63, 3.8) is 0 Å². The predicted molar refractivity (Wildman–Crippen MR) is 85.2 cm³/mol. The third kappa shape index (κ3) is 3.60. The molecular weight excluding hydrogens is 262 g/mol. The molecule has 2 rings (SSSR count). The summed E-state index contributed by atoms with van der Waals surface area (Å²) in [7, 11) is 1.80. The molecule has 4 nitrogen and oxygen atoms in total. The Morgan fingerprint density at radius 3 is 2.57 bits per heavy atom. The Bertz CT molecular complexity index is 596. The van der Waals surface area contributed by atoms with Gasteiger partial charge in [0.15, 0.2) is 0 Å². The van der Waals surface area contributed by atoms with E-state index in [1.54, 1.807) is 25.5 Å². The van der Waals surface area contributed by atoms with Gasteiger partial charge in [0.05, 0.1) is 17.4 Å². The second-order valence-corrected chi connectivity index (χ2v) is 5.18. The molecule has 0 saturated heterocycles. The summed E-state index contributed by atoms with van der Waals surface area (Å²) >= 11 is 0. The second-order valence-electron chi connectivity index (χ2n) is 5.18. The summed E-state index contributed by atoms with van der Waals surface area (Å²) in [5, 5.41) is 3.02. The Morgan fingerprint density at radius 2 is 1.95 bits per heavy atom. The molecule has 2 aromatic rings. The van der Waals surface area contributed by atoms with Crippen molar-refractivity contribution >= 4 is 11.6 Å². The SMILES string of the molecule is CNc1cnccc1C(=O)N(Cc1ccccc1)C(C)C. The van der Waals surface area contributed by atoms with Crippen molar-refractivity contribution in [2.24, 2.45) is 0 Å². The zero-order valence-corrected chi connectivity index (χ0v) is 12.7. The van der Waals surface area contributed by atoms with Crippen LogP contribution in [0.5, 0.6) is 0 Å². The van der Waals surface area contributed by atoms with Gasteiger partial charge in [-0.2, -0.15) is 0 Å². The van der Waals surface area contributed by atoms with Crippen molar-refractivity contribution in [3.05, 3.63) is 59.9 Å². The molecule has 0 aliphatic carbocycles. The molecule has 0 unspecified atom stereocenters. The van der Waals surface area contributed by atoms with Gasteiger partial charge in [-0.25, -0.2) is 0 Å². The van der Waals surface area contributed by atoms with Gasteiger partial charge in [0.25, 0.3) is 5.91 Å². The summed E-state index contributed by atoms with van der Waals surface area (Å²) in [4.78, 5) is 18.7. The molecule has 0 spiro atoms. The van der Waals surface area contributed by atoms with Crippen LogP contribution in [0.1, 0.15) is 29.8 Å². The molecular formula is C17H21N3O. The molecule has 0 saturated carbocycles. The van der Waals surface area contributed by atoms with Crippen LogP contribution >= 0.6 is 0 Å². The van der Waals surface area contributed by atoms with Crippen LogP contribution in [0.2, 0.25) is 0 Å². The highest BCUT2D eigenvalue weighted by Gasteiger charge is 2.21. The monoisotopic (exact) mass is 283 g/mol. The maximum absolute atomic E-state index is 12.8. The third-order valence-corrected chi connectivity index (χ3v) is 3.40. The average molecular weight is 283 g/mol. The first-order chi connectivity index (χ1) is 10.1. The van der Waals surface area contributed by atoms with E-state index < -0.39 is 0 Å². The number of benzene rings is 1. The lowest BCUT2D eigenvalue weighted by Crippen LogP contribution is -2.36. The van der Waals surface area contributed by atoms with Crippen molar-refractivity contribution < 1.29 is 4.79 Å². The van der Waals surface area contributed by atoms with Gasteiger partial charge in [-0.15, -0.1) is 0 Å². The van der Waals surface area contributed by atoms with E-state index in [1.165, 1.54) is 0 Å². The van der Waals surface area contributed by atoms with Crippen molar-refractivity contribution in [3.8, 4) is 0 Å². The zero-order valence-electron chi connectivity index (χ0n) is 12.7. The number of aromatic nitrogens is 1. The van der Waals surface area contributed by atoms with Crippen molar-refractivity contribution in [2.75, 3.05) is 12.4 Å².